The van der Waals surface area contributed by atoms with Crippen LogP contribution in [0.15, 0.2) is 18.2 Å². The van der Waals surface area contributed by atoms with Gasteiger partial charge in [0.05, 0.1) is 5.69 Å². The van der Waals surface area contributed by atoms with Crippen molar-refractivity contribution in [3.63, 3.8) is 0 Å². The van der Waals surface area contributed by atoms with Gasteiger partial charge in [-0.05, 0) is 31.4 Å². The van der Waals surface area contributed by atoms with Crippen molar-refractivity contribution in [3.8, 4) is 0 Å². The largest absolute Gasteiger partial charge is 0.343 e. The number of anilines is 1. The summed E-state index contributed by atoms with van der Waals surface area (Å²) in [6.45, 7) is 6.17. The molecular weight excluding hydrogens is 238 g/mol. The molecule has 3 nitrogen and oxygen atoms in total. The Labute approximate surface area is 116 Å². The van der Waals surface area contributed by atoms with Crippen molar-refractivity contribution < 1.29 is 9.63 Å². The first-order chi connectivity index (χ1) is 9.15. The Morgan fingerprint density at radius 3 is 2.37 bits per heavy atom. The number of para-hydroxylation sites is 1. The number of carbonyl (C=O) groups excluding carboxylic acids is 1. The molecule has 0 saturated heterocycles. The third-order valence-electron chi connectivity index (χ3n) is 3.23. The van der Waals surface area contributed by atoms with E-state index in [-0.39, 0.29) is 5.97 Å². The number of aryl methyl sites for hydroxylation is 2. The molecule has 0 saturated carbocycles. The summed E-state index contributed by atoms with van der Waals surface area (Å²) < 4.78 is 0. The summed E-state index contributed by atoms with van der Waals surface area (Å²) in [7, 11) is 0. The molecule has 0 unspecified atom stereocenters. The maximum Gasteiger partial charge on any atom is 0.332 e. The van der Waals surface area contributed by atoms with Crippen molar-refractivity contribution in [2.75, 3.05) is 5.48 Å². The summed E-state index contributed by atoms with van der Waals surface area (Å²) in [5.74, 6) is -0.181. The maximum absolute atomic E-state index is 11.6. The van der Waals surface area contributed by atoms with Crippen LogP contribution in [0.3, 0.4) is 0 Å². The molecule has 1 rings (SSSR count). The number of hydrogen-bond donors (Lipinski definition) is 1. The van der Waals surface area contributed by atoms with Crippen LogP contribution in [0.4, 0.5) is 5.69 Å². The average molecular weight is 263 g/mol. The van der Waals surface area contributed by atoms with Crippen molar-refractivity contribution in [3.05, 3.63) is 29.3 Å². The molecule has 106 valence electrons. The molecule has 0 amide bonds. The monoisotopic (exact) mass is 263 g/mol. The second-order valence-corrected chi connectivity index (χ2v) is 5.01. The fourth-order valence-electron chi connectivity index (χ4n) is 2.01. The summed E-state index contributed by atoms with van der Waals surface area (Å²) in [6.07, 6.45) is 6.17. The van der Waals surface area contributed by atoms with Crippen LogP contribution in [0.2, 0.25) is 0 Å². The Kier molecular flexibility index (Phi) is 7.01. The van der Waals surface area contributed by atoms with Crippen LogP contribution in [0, 0.1) is 13.8 Å². The van der Waals surface area contributed by atoms with Gasteiger partial charge in [-0.1, -0.05) is 50.8 Å². The van der Waals surface area contributed by atoms with E-state index in [0.29, 0.717) is 6.42 Å². The van der Waals surface area contributed by atoms with Crippen LogP contribution in [-0.4, -0.2) is 5.97 Å². The van der Waals surface area contributed by atoms with Crippen LogP contribution in [0.25, 0.3) is 0 Å². The fraction of sp³-hybridized carbons (Fsp3) is 0.562. The maximum atomic E-state index is 11.6. The lowest BCUT2D eigenvalue weighted by atomic mass is 10.1. The minimum absolute atomic E-state index is 0.181. The third-order valence-corrected chi connectivity index (χ3v) is 3.23. The third kappa shape index (κ3) is 5.77. The molecule has 0 atom stereocenters. The van der Waals surface area contributed by atoms with Crippen LogP contribution in [0.5, 0.6) is 0 Å². The fourth-order valence-corrected chi connectivity index (χ4v) is 2.01. The van der Waals surface area contributed by atoms with Gasteiger partial charge in [0.2, 0.25) is 0 Å². The van der Waals surface area contributed by atoms with E-state index >= 15 is 0 Å². The van der Waals surface area contributed by atoms with E-state index in [1.807, 2.05) is 32.0 Å². The predicted octanol–water partition coefficient (Wildman–Crippen LogP) is 4.53. The van der Waals surface area contributed by atoms with Gasteiger partial charge in [-0.3, -0.25) is 0 Å². The molecule has 1 aromatic rings. The summed E-state index contributed by atoms with van der Waals surface area (Å²) >= 11 is 0. The zero-order valence-corrected chi connectivity index (χ0v) is 12.3. The summed E-state index contributed by atoms with van der Waals surface area (Å²) in [5.41, 5.74) is 5.83. The van der Waals surface area contributed by atoms with Gasteiger partial charge in [-0.25, -0.2) is 10.3 Å². The molecule has 0 aliphatic carbocycles. The topological polar surface area (TPSA) is 38.3 Å². The molecule has 0 heterocycles. The Balaban J connectivity index is 2.26. The molecule has 0 aliphatic rings. The van der Waals surface area contributed by atoms with Crippen molar-refractivity contribution in [1.29, 1.82) is 0 Å². The molecule has 0 spiro atoms. The quantitative estimate of drug-likeness (QED) is 0.553. The van der Waals surface area contributed by atoms with E-state index in [1.54, 1.807) is 0 Å². The molecule has 1 N–H and O–H groups in total. The van der Waals surface area contributed by atoms with Gasteiger partial charge in [0, 0.05) is 6.42 Å². The van der Waals surface area contributed by atoms with Gasteiger partial charge in [0.15, 0.2) is 0 Å². The van der Waals surface area contributed by atoms with Crippen molar-refractivity contribution in [1.82, 2.24) is 0 Å². The average Bonchev–Trinajstić information content (AvgIpc) is 2.38. The van der Waals surface area contributed by atoms with E-state index < -0.39 is 0 Å². The number of unbranched alkanes of at least 4 members (excludes halogenated alkanes) is 4. The smallest absolute Gasteiger partial charge is 0.332 e. The van der Waals surface area contributed by atoms with Gasteiger partial charge >= 0.3 is 5.97 Å². The highest BCUT2D eigenvalue weighted by molar-refractivity contribution is 5.71. The van der Waals surface area contributed by atoms with Crippen LogP contribution >= 0.6 is 0 Å². The lowest BCUT2D eigenvalue weighted by molar-refractivity contribution is -0.140. The molecular formula is C16H25NO2. The number of hydrogen-bond acceptors (Lipinski definition) is 3. The number of nitrogens with one attached hydrogen (secondary N) is 1. The molecule has 0 bridgehead atoms. The highest BCUT2D eigenvalue weighted by Gasteiger charge is 2.06. The van der Waals surface area contributed by atoms with Gasteiger partial charge < -0.3 is 4.84 Å². The standard InChI is InChI=1S/C16H25NO2/c1-4-5-6-7-8-12-15(18)19-17-16-13(2)10-9-11-14(16)3/h9-11,17H,4-8,12H2,1-3H3. The zero-order valence-electron chi connectivity index (χ0n) is 12.3. The Morgan fingerprint density at radius 1 is 1.11 bits per heavy atom. The molecule has 19 heavy (non-hydrogen) atoms. The van der Waals surface area contributed by atoms with E-state index in [4.69, 9.17) is 4.84 Å². The van der Waals surface area contributed by atoms with Gasteiger partial charge in [-0.15, -0.1) is 0 Å². The second kappa shape index (κ2) is 8.57. The Morgan fingerprint density at radius 2 is 1.74 bits per heavy atom. The van der Waals surface area contributed by atoms with Crippen LogP contribution in [-0.2, 0) is 9.63 Å². The number of rotatable bonds is 8. The Bertz CT molecular complexity index is 381. The Hall–Kier alpha value is -1.51. The van der Waals surface area contributed by atoms with Crippen LogP contribution in [0.1, 0.15) is 56.6 Å². The van der Waals surface area contributed by atoms with Gasteiger partial charge in [0.25, 0.3) is 0 Å². The molecule has 1 aromatic carbocycles. The van der Waals surface area contributed by atoms with Crippen molar-refractivity contribution in [2.24, 2.45) is 0 Å². The van der Waals surface area contributed by atoms with E-state index in [1.165, 1.54) is 19.3 Å². The van der Waals surface area contributed by atoms with Gasteiger partial charge in [0.1, 0.15) is 0 Å². The van der Waals surface area contributed by atoms with Crippen LogP contribution < -0.4 is 5.48 Å². The molecule has 0 fully saturated rings. The highest BCUT2D eigenvalue weighted by Crippen LogP contribution is 2.19. The second-order valence-electron chi connectivity index (χ2n) is 5.01. The summed E-state index contributed by atoms with van der Waals surface area (Å²) in [5, 5.41) is 0. The van der Waals surface area contributed by atoms with Crippen molar-refractivity contribution in [2.45, 2.75) is 59.3 Å². The first-order valence-corrected chi connectivity index (χ1v) is 7.17. The number of carbonyl (C=O) groups is 1. The summed E-state index contributed by atoms with van der Waals surface area (Å²) in [6, 6.07) is 5.98. The zero-order chi connectivity index (χ0) is 14.1. The predicted molar refractivity (Wildman–Crippen MR) is 79.0 cm³/mol. The first kappa shape index (κ1) is 15.5. The molecule has 0 aliphatic heterocycles. The van der Waals surface area contributed by atoms with Crippen molar-refractivity contribution >= 4 is 11.7 Å². The number of benzene rings is 1. The van der Waals surface area contributed by atoms with Gasteiger partial charge in [-0.2, -0.15) is 0 Å². The lowest BCUT2D eigenvalue weighted by Crippen LogP contribution is -2.11. The molecule has 3 heteroatoms. The lowest BCUT2D eigenvalue weighted by Gasteiger charge is -2.11. The first-order valence-electron chi connectivity index (χ1n) is 7.17. The minimum atomic E-state index is -0.181. The molecule has 0 radical (unpaired) electrons. The molecule has 0 aromatic heterocycles. The highest BCUT2D eigenvalue weighted by atomic mass is 16.7. The minimum Gasteiger partial charge on any atom is -0.343 e. The van der Waals surface area contributed by atoms with E-state index in [9.17, 15) is 4.79 Å². The SMILES string of the molecule is CCCCCCCC(=O)ONc1c(C)cccc1C. The summed E-state index contributed by atoms with van der Waals surface area (Å²) in [4.78, 5) is 16.7. The normalized spacial score (nSPS) is 10.3. The van der Waals surface area contributed by atoms with E-state index in [2.05, 4.69) is 12.4 Å². The van der Waals surface area contributed by atoms with E-state index in [0.717, 1.165) is 29.7 Å².